The van der Waals surface area contributed by atoms with Crippen molar-refractivity contribution in [3.05, 3.63) is 48.5 Å². The molecule has 8 nitrogen and oxygen atoms in total. The average molecular weight is 477 g/mol. The number of carbonyl (C=O) groups excluding carboxylic acids is 1. The molecular weight excluding hydrogens is 444 g/mol. The summed E-state index contributed by atoms with van der Waals surface area (Å²) in [7, 11) is -0.229. The first-order chi connectivity index (χ1) is 15.8. The number of piperidine rings is 1. The summed E-state index contributed by atoms with van der Waals surface area (Å²) in [5.41, 5.74) is 0. The molecule has 0 aromatic heterocycles. The smallest absolute Gasteiger partial charge is 0.243 e. The lowest BCUT2D eigenvalue weighted by atomic mass is 9.97. The highest BCUT2D eigenvalue weighted by Crippen LogP contribution is 2.26. The molecule has 3 rings (SSSR count). The molecule has 0 aliphatic carbocycles. The zero-order valence-electron chi connectivity index (χ0n) is 19.4. The number of hydrogen-bond acceptors (Lipinski definition) is 6. The molecule has 9 heteroatoms. The molecule has 1 saturated heterocycles. The summed E-state index contributed by atoms with van der Waals surface area (Å²) in [5, 5.41) is 0. The predicted octanol–water partition coefficient (Wildman–Crippen LogP) is 3.03. The summed E-state index contributed by atoms with van der Waals surface area (Å²) in [6.45, 7) is 3.87. The van der Waals surface area contributed by atoms with E-state index >= 15 is 0 Å². The normalized spacial score (nSPS) is 15.1. The fourth-order valence-corrected chi connectivity index (χ4v) is 5.23. The van der Waals surface area contributed by atoms with Crippen molar-refractivity contribution in [1.82, 2.24) is 9.21 Å². The van der Waals surface area contributed by atoms with Crippen molar-refractivity contribution in [3.63, 3.8) is 0 Å². The van der Waals surface area contributed by atoms with Crippen LogP contribution in [0.15, 0.2) is 53.4 Å². The molecule has 0 spiro atoms. The topological polar surface area (TPSA) is 85.4 Å². The van der Waals surface area contributed by atoms with E-state index in [-0.39, 0.29) is 16.7 Å². The van der Waals surface area contributed by atoms with Crippen molar-refractivity contribution >= 4 is 15.9 Å². The van der Waals surface area contributed by atoms with E-state index in [1.165, 1.54) is 4.31 Å². The molecule has 0 atom stereocenters. The van der Waals surface area contributed by atoms with Gasteiger partial charge in [0.2, 0.25) is 15.9 Å². The predicted molar refractivity (Wildman–Crippen MR) is 125 cm³/mol. The summed E-state index contributed by atoms with van der Waals surface area (Å²) in [6.07, 6.45) is 0.998. The van der Waals surface area contributed by atoms with E-state index in [0.717, 1.165) is 5.75 Å². The standard InChI is InChI=1S/C24H32N2O6S/c1-4-31-21-9-11-23(12-10-21)33(28,29)26-15-13-19(14-16-26)24(27)25(2)17-18-32-22-7-5-20(30-3)6-8-22/h5-12,19H,4,13-18H2,1-3H3. The number of nitrogens with zero attached hydrogens (tertiary/aromatic N) is 2. The first-order valence-corrected chi connectivity index (χ1v) is 12.5. The molecule has 0 saturated carbocycles. The highest BCUT2D eigenvalue weighted by atomic mass is 32.2. The van der Waals surface area contributed by atoms with Gasteiger partial charge in [0, 0.05) is 26.1 Å². The highest BCUT2D eigenvalue weighted by Gasteiger charge is 2.33. The Labute approximate surface area is 196 Å². The van der Waals surface area contributed by atoms with Crippen LogP contribution in [0.4, 0.5) is 0 Å². The monoisotopic (exact) mass is 476 g/mol. The molecule has 1 aliphatic heterocycles. The quantitative estimate of drug-likeness (QED) is 0.524. The lowest BCUT2D eigenvalue weighted by Crippen LogP contribution is -2.44. The third kappa shape index (κ3) is 6.39. The van der Waals surface area contributed by atoms with Crippen molar-refractivity contribution in [2.24, 2.45) is 5.92 Å². The van der Waals surface area contributed by atoms with Gasteiger partial charge in [-0.25, -0.2) is 8.42 Å². The summed E-state index contributed by atoms with van der Waals surface area (Å²) >= 11 is 0. The van der Waals surface area contributed by atoms with Gasteiger partial charge in [0.1, 0.15) is 23.9 Å². The maximum Gasteiger partial charge on any atom is 0.243 e. The van der Waals surface area contributed by atoms with E-state index in [1.54, 1.807) is 43.3 Å². The van der Waals surface area contributed by atoms with E-state index in [9.17, 15) is 13.2 Å². The molecule has 180 valence electrons. The second kappa shape index (κ2) is 11.4. The van der Waals surface area contributed by atoms with Crippen LogP contribution in [0.2, 0.25) is 0 Å². The zero-order chi connectivity index (χ0) is 23.8. The molecule has 2 aromatic rings. The van der Waals surface area contributed by atoms with Crippen LogP contribution in [0.5, 0.6) is 17.2 Å². The number of sulfonamides is 1. The molecule has 0 N–H and O–H groups in total. The largest absolute Gasteiger partial charge is 0.497 e. The van der Waals surface area contributed by atoms with Gasteiger partial charge in [-0.05, 0) is 68.3 Å². The van der Waals surface area contributed by atoms with Crippen LogP contribution in [0, 0.1) is 5.92 Å². The van der Waals surface area contributed by atoms with Crippen LogP contribution in [0.1, 0.15) is 19.8 Å². The van der Waals surface area contributed by atoms with Gasteiger partial charge in [0.25, 0.3) is 0 Å². The van der Waals surface area contributed by atoms with Crippen molar-refractivity contribution in [1.29, 1.82) is 0 Å². The second-order valence-corrected chi connectivity index (χ2v) is 9.80. The van der Waals surface area contributed by atoms with E-state index in [0.29, 0.717) is 57.2 Å². The van der Waals surface area contributed by atoms with E-state index in [4.69, 9.17) is 14.2 Å². The van der Waals surface area contributed by atoms with Crippen LogP contribution in [-0.4, -0.2) is 70.5 Å². The van der Waals surface area contributed by atoms with Gasteiger partial charge < -0.3 is 19.1 Å². The fraction of sp³-hybridized carbons (Fsp3) is 0.458. The van der Waals surface area contributed by atoms with Crippen LogP contribution < -0.4 is 14.2 Å². The molecule has 0 radical (unpaired) electrons. The minimum atomic E-state index is -3.59. The Morgan fingerprint density at radius 1 is 0.970 bits per heavy atom. The SMILES string of the molecule is CCOc1ccc(S(=O)(=O)N2CCC(C(=O)N(C)CCOc3ccc(OC)cc3)CC2)cc1. The molecule has 1 aliphatic rings. The van der Waals surface area contributed by atoms with Gasteiger partial charge in [-0.15, -0.1) is 0 Å². The lowest BCUT2D eigenvalue weighted by molar-refractivity contribution is -0.135. The average Bonchev–Trinajstić information content (AvgIpc) is 2.84. The fourth-order valence-electron chi connectivity index (χ4n) is 3.76. The Kier molecular flexibility index (Phi) is 8.57. The molecule has 0 unspecified atom stereocenters. The van der Waals surface area contributed by atoms with Gasteiger partial charge in [0.05, 0.1) is 25.2 Å². The number of carbonyl (C=O) groups is 1. The second-order valence-electron chi connectivity index (χ2n) is 7.87. The van der Waals surface area contributed by atoms with Crippen LogP contribution in [-0.2, 0) is 14.8 Å². The van der Waals surface area contributed by atoms with E-state index in [2.05, 4.69) is 0 Å². The Morgan fingerprint density at radius 2 is 1.52 bits per heavy atom. The molecule has 0 bridgehead atoms. The van der Waals surface area contributed by atoms with Crippen LogP contribution in [0.3, 0.4) is 0 Å². The van der Waals surface area contributed by atoms with E-state index in [1.807, 2.05) is 31.2 Å². The van der Waals surface area contributed by atoms with Crippen molar-refractivity contribution in [2.45, 2.75) is 24.7 Å². The third-order valence-corrected chi connectivity index (χ3v) is 7.62. The number of hydrogen-bond donors (Lipinski definition) is 0. The van der Waals surface area contributed by atoms with Gasteiger partial charge >= 0.3 is 0 Å². The van der Waals surface area contributed by atoms with E-state index < -0.39 is 10.0 Å². The third-order valence-electron chi connectivity index (χ3n) is 5.71. The molecule has 33 heavy (non-hydrogen) atoms. The summed E-state index contributed by atoms with van der Waals surface area (Å²) < 4.78 is 43.6. The minimum absolute atomic E-state index is 0.0199. The zero-order valence-corrected chi connectivity index (χ0v) is 20.2. The summed E-state index contributed by atoms with van der Waals surface area (Å²) in [5.74, 6) is 1.93. The number of ether oxygens (including phenoxy) is 3. The summed E-state index contributed by atoms with van der Waals surface area (Å²) in [4.78, 5) is 14.7. The first kappa shape index (κ1) is 24.9. The van der Waals surface area contributed by atoms with Crippen LogP contribution >= 0.6 is 0 Å². The maximum atomic E-state index is 12.9. The maximum absolute atomic E-state index is 12.9. The Balaban J connectivity index is 1.47. The minimum Gasteiger partial charge on any atom is -0.497 e. The molecule has 2 aromatic carbocycles. The van der Waals surface area contributed by atoms with Gasteiger partial charge in [0.15, 0.2) is 0 Å². The molecule has 1 heterocycles. The van der Waals surface area contributed by atoms with Crippen molar-refractivity contribution in [3.8, 4) is 17.2 Å². The number of likely N-dealkylation sites (N-methyl/N-ethyl adjacent to an activating group) is 1. The van der Waals surface area contributed by atoms with Gasteiger partial charge in [-0.2, -0.15) is 4.31 Å². The first-order valence-electron chi connectivity index (χ1n) is 11.1. The van der Waals surface area contributed by atoms with Crippen molar-refractivity contribution in [2.75, 3.05) is 47.0 Å². The Morgan fingerprint density at radius 3 is 2.09 bits per heavy atom. The molecule has 1 fully saturated rings. The number of methoxy groups -OCH3 is 1. The highest BCUT2D eigenvalue weighted by molar-refractivity contribution is 7.89. The Bertz CT molecular complexity index is 1000. The Hall–Kier alpha value is -2.78. The number of rotatable bonds is 10. The molecule has 1 amide bonds. The van der Waals surface area contributed by atoms with Crippen LogP contribution in [0.25, 0.3) is 0 Å². The molecular formula is C24H32N2O6S. The van der Waals surface area contributed by atoms with Crippen molar-refractivity contribution < 1.29 is 27.4 Å². The lowest BCUT2D eigenvalue weighted by Gasteiger charge is -2.32. The van der Waals surface area contributed by atoms with Gasteiger partial charge in [-0.3, -0.25) is 4.79 Å². The summed E-state index contributed by atoms with van der Waals surface area (Å²) in [6, 6.07) is 13.7. The number of amides is 1. The number of benzene rings is 2. The van der Waals surface area contributed by atoms with Gasteiger partial charge in [-0.1, -0.05) is 0 Å².